The van der Waals surface area contributed by atoms with Crippen LogP contribution in [0.1, 0.15) is 44.9 Å². The van der Waals surface area contributed by atoms with Gasteiger partial charge in [0.25, 0.3) is 0 Å². The number of amides is 4. The van der Waals surface area contributed by atoms with Crippen molar-refractivity contribution in [2.24, 2.45) is 5.41 Å². The highest BCUT2D eigenvalue weighted by Gasteiger charge is 2.41. The number of nitrogens with zero attached hydrogens (tertiary/aromatic N) is 5. The van der Waals surface area contributed by atoms with E-state index >= 15 is 0 Å². The lowest BCUT2D eigenvalue weighted by molar-refractivity contribution is -0.144. The van der Waals surface area contributed by atoms with Gasteiger partial charge < -0.3 is 45.3 Å². The summed E-state index contributed by atoms with van der Waals surface area (Å²) in [4.78, 5) is 70.9. The van der Waals surface area contributed by atoms with Crippen molar-refractivity contribution in [3.8, 4) is 16.2 Å². The highest BCUT2D eigenvalue weighted by atomic mass is 35.5. The number of hydrogen-bond donors (Lipinski definition) is 4. The van der Waals surface area contributed by atoms with Crippen LogP contribution in [0, 0.1) is 18.2 Å². The molecule has 0 spiro atoms. The molecular formula is C48H57ClFN9O7S. The Morgan fingerprint density at radius 1 is 1.03 bits per heavy atom. The van der Waals surface area contributed by atoms with Crippen LogP contribution >= 0.6 is 22.9 Å². The Labute approximate surface area is 398 Å². The molecule has 2 aromatic heterocycles. The van der Waals surface area contributed by atoms with Crippen molar-refractivity contribution in [3.05, 3.63) is 101 Å². The molecule has 1 unspecified atom stereocenters. The van der Waals surface area contributed by atoms with Crippen LogP contribution in [0.15, 0.2) is 78.6 Å². The molecule has 4 amide bonds. The summed E-state index contributed by atoms with van der Waals surface area (Å²) in [5, 5.41) is 12.4. The molecule has 1 aliphatic rings. The number of fused-ring (bicyclic) bond motifs is 1. The molecule has 19 heteroatoms. The highest BCUT2D eigenvalue weighted by molar-refractivity contribution is 7.13. The number of carbonyl (C=O) groups is 4. The molecule has 5 aromatic rings. The van der Waals surface area contributed by atoms with E-state index in [1.54, 1.807) is 34.4 Å². The first-order chi connectivity index (χ1) is 32.1. The number of aromatic nitrogens is 3. The van der Waals surface area contributed by atoms with Crippen LogP contribution in [0.2, 0.25) is 5.02 Å². The van der Waals surface area contributed by atoms with Gasteiger partial charge in [0.05, 0.1) is 59.2 Å². The van der Waals surface area contributed by atoms with Crippen LogP contribution in [0.4, 0.5) is 21.6 Å². The molecule has 1 fully saturated rings. The molecule has 1 aliphatic heterocycles. The molecule has 356 valence electrons. The van der Waals surface area contributed by atoms with E-state index in [0.717, 1.165) is 21.7 Å². The minimum absolute atomic E-state index is 0.0382. The van der Waals surface area contributed by atoms with Crippen molar-refractivity contribution in [2.45, 2.75) is 59.2 Å². The van der Waals surface area contributed by atoms with Gasteiger partial charge in [-0.25, -0.2) is 19.3 Å². The molecule has 2 atom stereocenters. The molecule has 0 saturated carbocycles. The van der Waals surface area contributed by atoms with Crippen molar-refractivity contribution in [2.75, 3.05) is 70.9 Å². The van der Waals surface area contributed by atoms with Gasteiger partial charge in [0.15, 0.2) is 0 Å². The van der Waals surface area contributed by atoms with E-state index in [2.05, 4.69) is 36.2 Å². The molecule has 67 heavy (non-hydrogen) atoms. The third-order valence-electron chi connectivity index (χ3n) is 11.0. The summed E-state index contributed by atoms with van der Waals surface area (Å²) in [6, 6.07) is 14.1. The molecule has 6 rings (SSSR count). The van der Waals surface area contributed by atoms with Gasteiger partial charge in [-0.05, 0) is 67.6 Å². The van der Waals surface area contributed by atoms with E-state index < -0.39 is 29.2 Å². The van der Waals surface area contributed by atoms with Crippen LogP contribution in [-0.4, -0.2) is 121 Å². The Kier molecular flexibility index (Phi) is 17.7. The summed E-state index contributed by atoms with van der Waals surface area (Å²) in [6.45, 7) is 9.91. The Bertz CT molecular complexity index is 2550. The summed E-state index contributed by atoms with van der Waals surface area (Å²) in [7, 11) is 3.38. The van der Waals surface area contributed by atoms with E-state index in [-0.39, 0.29) is 42.6 Å². The van der Waals surface area contributed by atoms with Gasteiger partial charge in [-0.3, -0.25) is 19.2 Å². The normalized spacial score (nSPS) is 14.4. The van der Waals surface area contributed by atoms with Crippen molar-refractivity contribution < 1.29 is 37.8 Å². The lowest BCUT2D eigenvalue weighted by atomic mass is 9.85. The molecule has 4 N–H and O–H groups in total. The lowest BCUT2D eigenvalue weighted by Gasteiger charge is -2.35. The van der Waals surface area contributed by atoms with E-state index in [1.165, 1.54) is 37.7 Å². The fraction of sp³-hybridized carbons (Fsp3) is 0.396. The average molecular weight is 959 g/mol. The summed E-state index contributed by atoms with van der Waals surface area (Å²) < 4.78 is 30.5. The monoisotopic (exact) mass is 957 g/mol. The number of rotatable bonds is 21. The minimum atomic E-state index is -0.866. The predicted octanol–water partition coefficient (Wildman–Crippen LogP) is 6.90. The molecule has 0 radical (unpaired) electrons. The van der Waals surface area contributed by atoms with Gasteiger partial charge in [0.1, 0.15) is 42.4 Å². The van der Waals surface area contributed by atoms with Gasteiger partial charge >= 0.3 is 0 Å². The minimum Gasteiger partial charge on any atom is -0.494 e. The maximum Gasteiger partial charge on any atom is 0.248 e. The number of nitrogens with one attached hydrogen (secondary N) is 4. The summed E-state index contributed by atoms with van der Waals surface area (Å²) in [5.41, 5.74) is 5.67. The Hall–Kier alpha value is -6.05. The second-order valence-corrected chi connectivity index (χ2v) is 18.4. The number of hydrogen-bond acceptors (Lipinski definition) is 13. The number of ether oxygens (including phenoxy) is 3. The second kappa shape index (κ2) is 23.6. The molecular weight excluding hydrogens is 901 g/mol. The van der Waals surface area contributed by atoms with Crippen molar-refractivity contribution in [1.29, 1.82) is 0 Å². The molecule has 3 heterocycles. The standard InChI is InChI=1S/C48H57ClFN9O7S/c1-30-43(67-29-54-30)32-13-11-31(12-14-32)26-51-46(62)39-9-7-18-59(39)47(63)44(48(2,3)4)57-42(61)27-66-22-21-65-20-19-58(5)17-8-10-41(60)56-38-24-34-37(25-40(38)64-6)52-28-53-45(34)55-33-15-16-36(50)35(49)23-33/h8,10-16,23-25,28-29,39,44H,7,9,17-22,26-27H2,1-6H3,(H,51,62)(H,56,60)(H,57,61)(H,52,53,55)/b10-8+/t39-,44?/m0/s1. The first-order valence-corrected chi connectivity index (χ1v) is 23.1. The number of halogens is 2. The predicted molar refractivity (Wildman–Crippen MR) is 258 cm³/mol. The zero-order valence-corrected chi connectivity index (χ0v) is 40.1. The van der Waals surface area contributed by atoms with Gasteiger partial charge in [-0.15, -0.1) is 11.3 Å². The summed E-state index contributed by atoms with van der Waals surface area (Å²) in [5.74, 6) is -1.06. The van der Waals surface area contributed by atoms with Gasteiger partial charge in [0.2, 0.25) is 23.6 Å². The zero-order valence-electron chi connectivity index (χ0n) is 38.5. The highest BCUT2D eigenvalue weighted by Crippen LogP contribution is 2.34. The maximum atomic E-state index is 13.9. The largest absolute Gasteiger partial charge is 0.494 e. The summed E-state index contributed by atoms with van der Waals surface area (Å²) >= 11 is 7.54. The Balaban J connectivity index is 0.881. The van der Waals surface area contributed by atoms with Gasteiger partial charge in [0, 0.05) is 49.4 Å². The lowest BCUT2D eigenvalue weighted by Crippen LogP contribution is -2.58. The number of aryl methyl sites for hydroxylation is 1. The number of likely N-dealkylation sites (tertiary alicyclic amines) is 1. The van der Waals surface area contributed by atoms with Crippen LogP contribution in [-0.2, 0) is 35.2 Å². The third-order valence-corrected chi connectivity index (χ3v) is 12.3. The number of thiazole rings is 1. The average Bonchev–Trinajstić information content (AvgIpc) is 3.97. The van der Waals surface area contributed by atoms with Crippen molar-refractivity contribution in [3.63, 3.8) is 0 Å². The van der Waals surface area contributed by atoms with Gasteiger partial charge in [-0.2, -0.15) is 0 Å². The van der Waals surface area contributed by atoms with Crippen LogP contribution in [0.3, 0.4) is 0 Å². The Morgan fingerprint density at radius 2 is 1.81 bits per heavy atom. The molecule has 0 bridgehead atoms. The third kappa shape index (κ3) is 14.0. The van der Waals surface area contributed by atoms with Crippen LogP contribution in [0.5, 0.6) is 5.75 Å². The van der Waals surface area contributed by atoms with Crippen LogP contribution in [0.25, 0.3) is 21.3 Å². The Morgan fingerprint density at radius 3 is 2.52 bits per heavy atom. The fourth-order valence-corrected chi connectivity index (χ4v) is 8.34. The zero-order chi connectivity index (χ0) is 48.1. The smallest absolute Gasteiger partial charge is 0.248 e. The molecule has 3 aromatic carbocycles. The maximum absolute atomic E-state index is 13.9. The van der Waals surface area contributed by atoms with E-state index in [0.29, 0.717) is 79.5 Å². The molecule has 16 nitrogen and oxygen atoms in total. The number of likely N-dealkylation sites (N-methyl/N-ethyl adjacent to an activating group) is 1. The molecule has 1 saturated heterocycles. The van der Waals surface area contributed by atoms with Gasteiger partial charge in [-0.1, -0.05) is 62.7 Å². The topological polar surface area (TPSA) is 189 Å². The number of anilines is 3. The van der Waals surface area contributed by atoms with Crippen molar-refractivity contribution >= 4 is 74.7 Å². The summed E-state index contributed by atoms with van der Waals surface area (Å²) in [6.07, 6.45) is 5.75. The quantitative estimate of drug-likeness (QED) is 0.0441. The number of carbonyl (C=O) groups excluding carboxylic acids is 4. The van der Waals surface area contributed by atoms with E-state index in [9.17, 15) is 23.6 Å². The number of methoxy groups -OCH3 is 1. The number of benzene rings is 3. The fourth-order valence-electron chi connectivity index (χ4n) is 7.35. The van der Waals surface area contributed by atoms with E-state index in [4.69, 9.17) is 25.8 Å². The molecule has 0 aliphatic carbocycles. The van der Waals surface area contributed by atoms with Crippen molar-refractivity contribution in [1.82, 2.24) is 35.4 Å². The van der Waals surface area contributed by atoms with Crippen LogP contribution < -0.4 is 26.0 Å². The SMILES string of the molecule is COc1cc2ncnc(Nc3ccc(F)c(Cl)c3)c2cc1NC(=O)/C=C/CN(C)CCOCCOCC(=O)NC(C(=O)N1CCC[C@H]1C(=O)NCc1ccc(-c2scnc2C)cc1)C(C)(C)C. The van der Waals surface area contributed by atoms with E-state index in [1.807, 2.05) is 69.4 Å². The first-order valence-electron chi connectivity index (χ1n) is 21.8. The first kappa shape index (κ1) is 50.4. The second-order valence-electron chi connectivity index (χ2n) is 17.1.